The molecule has 3 aromatic rings. The zero-order valence-corrected chi connectivity index (χ0v) is 18.2. The molecule has 30 heavy (non-hydrogen) atoms. The lowest BCUT2D eigenvalue weighted by Crippen LogP contribution is -2.48. The number of hydrogen-bond donors (Lipinski definition) is 1. The monoisotopic (exact) mass is 441 g/mol. The molecule has 1 aliphatic rings. The molecule has 0 bridgehead atoms. The highest BCUT2D eigenvalue weighted by Gasteiger charge is 2.20. The predicted octanol–water partition coefficient (Wildman–Crippen LogP) is 3.33. The Morgan fingerprint density at radius 1 is 1.03 bits per heavy atom. The van der Waals surface area contributed by atoms with Gasteiger partial charge in [0.05, 0.1) is 0 Å². The van der Waals surface area contributed by atoms with Crippen LogP contribution in [0, 0.1) is 0 Å². The number of piperazine rings is 1. The lowest BCUT2D eigenvalue weighted by Gasteiger charge is -2.34. The first-order valence-corrected chi connectivity index (χ1v) is 11.2. The molecule has 6 nitrogen and oxygen atoms in total. The molecule has 0 radical (unpaired) electrons. The summed E-state index contributed by atoms with van der Waals surface area (Å²) in [4.78, 5) is 21.6. The van der Waals surface area contributed by atoms with E-state index in [1.807, 2.05) is 18.2 Å². The number of carbonyl (C=O) groups is 1. The second kappa shape index (κ2) is 10.0. The van der Waals surface area contributed by atoms with Crippen LogP contribution in [-0.2, 0) is 6.42 Å². The second-order valence-corrected chi connectivity index (χ2v) is 8.41. The maximum atomic E-state index is 12.2. The average molecular weight is 442 g/mol. The lowest BCUT2D eigenvalue weighted by atomic mass is 10.1. The normalized spacial score (nSPS) is 14.6. The van der Waals surface area contributed by atoms with E-state index in [4.69, 9.17) is 16.6 Å². The predicted molar refractivity (Wildman–Crippen MR) is 122 cm³/mol. The highest BCUT2D eigenvalue weighted by Crippen LogP contribution is 2.20. The van der Waals surface area contributed by atoms with Gasteiger partial charge >= 0.3 is 0 Å². The largest absolute Gasteiger partial charge is 0.351 e. The van der Waals surface area contributed by atoms with Crippen molar-refractivity contribution in [1.29, 1.82) is 0 Å². The standard InChI is InChI=1S/C22H24ClN5OS/c23-19-8-6-18(7-9-19)21(29)24-10-11-27-12-14-28(15-13-27)22-25-20(26-30-22)16-17-4-2-1-3-5-17/h1-9H,10-16H2,(H,24,29). The zero-order chi connectivity index (χ0) is 20.8. The van der Waals surface area contributed by atoms with Crippen molar-refractivity contribution in [3.05, 3.63) is 76.6 Å². The van der Waals surface area contributed by atoms with E-state index in [0.717, 1.165) is 50.1 Å². The minimum absolute atomic E-state index is 0.0647. The van der Waals surface area contributed by atoms with Gasteiger partial charge in [0.15, 0.2) is 0 Å². The summed E-state index contributed by atoms with van der Waals surface area (Å²) >= 11 is 7.34. The van der Waals surface area contributed by atoms with Crippen molar-refractivity contribution >= 4 is 34.2 Å². The Labute approximate surface area is 185 Å². The number of hydrogen-bond acceptors (Lipinski definition) is 6. The van der Waals surface area contributed by atoms with Crippen molar-refractivity contribution in [1.82, 2.24) is 19.6 Å². The quantitative estimate of drug-likeness (QED) is 0.609. The van der Waals surface area contributed by atoms with E-state index in [1.165, 1.54) is 17.1 Å². The summed E-state index contributed by atoms with van der Waals surface area (Å²) < 4.78 is 4.53. The Morgan fingerprint density at radius 3 is 2.50 bits per heavy atom. The number of benzene rings is 2. The number of nitrogens with one attached hydrogen (secondary N) is 1. The maximum Gasteiger partial charge on any atom is 0.251 e. The molecule has 1 N–H and O–H groups in total. The summed E-state index contributed by atoms with van der Waals surface area (Å²) in [6, 6.07) is 17.2. The molecule has 4 rings (SSSR count). The number of aromatic nitrogens is 2. The van der Waals surface area contributed by atoms with Crippen LogP contribution in [0.15, 0.2) is 54.6 Å². The van der Waals surface area contributed by atoms with Crippen LogP contribution in [-0.4, -0.2) is 59.4 Å². The van der Waals surface area contributed by atoms with E-state index in [-0.39, 0.29) is 5.91 Å². The van der Waals surface area contributed by atoms with Gasteiger partial charge in [0.2, 0.25) is 5.13 Å². The molecule has 156 valence electrons. The first-order valence-electron chi connectivity index (χ1n) is 10.0. The van der Waals surface area contributed by atoms with Crippen molar-refractivity contribution in [3.63, 3.8) is 0 Å². The van der Waals surface area contributed by atoms with Crippen LogP contribution in [0.5, 0.6) is 0 Å². The van der Waals surface area contributed by atoms with Crippen LogP contribution < -0.4 is 10.2 Å². The molecule has 1 aromatic heterocycles. The third kappa shape index (κ3) is 5.56. The molecule has 0 atom stereocenters. The molecule has 0 saturated carbocycles. The van der Waals surface area contributed by atoms with Crippen molar-refractivity contribution in [2.75, 3.05) is 44.2 Å². The molecule has 1 fully saturated rings. The summed E-state index contributed by atoms with van der Waals surface area (Å²) in [6.45, 7) is 5.20. The molecule has 8 heteroatoms. The van der Waals surface area contributed by atoms with Gasteiger partial charge in [-0.2, -0.15) is 4.37 Å². The van der Waals surface area contributed by atoms with Crippen molar-refractivity contribution in [2.24, 2.45) is 0 Å². The number of rotatable bonds is 7. The summed E-state index contributed by atoms with van der Waals surface area (Å²) in [5.74, 6) is 0.818. The van der Waals surface area contributed by atoms with Gasteiger partial charge in [-0.1, -0.05) is 41.9 Å². The summed E-state index contributed by atoms with van der Waals surface area (Å²) in [5.41, 5.74) is 1.86. The third-order valence-corrected chi connectivity index (χ3v) is 6.19. The Hall–Kier alpha value is -2.48. The van der Waals surface area contributed by atoms with Crippen molar-refractivity contribution in [3.8, 4) is 0 Å². The van der Waals surface area contributed by atoms with Crippen LogP contribution in [0.4, 0.5) is 5.13 Å². The van der Waals surface area contributed by atoms with E-state index in [0.29, 0.717) is 17.1 Å². The number of carbonyl (C=O) groups excluding carboxylic acids is 1. The maximum absolute atomic E-state index is 12.2. The average Bonchev–Trinajstić information content (AvgIpc) is 3.24. The van der Waals surface area contributed by atoms with E-state index >= 15 is 0 Å². The molecule has 1 saturated heterocycles. The number of nitrogens with zero attached hydrogens (tertiary/aromatic N) is 4. The fraction of sp³-hybridized carbons (Fsp3) is 0.318. The Kier molecular flexibility index (Phi) is 6.94. The molecule has 0 unspecified atom stereocenters. The van der Waals surface area contributed by atoms with E-state index in [2.05, 4.69) is 31.6 Å². The Balaban J connectivity index is 1.20. The molecule has 0 aliphatic carbocycles. The highest BCUT2D eigenvalue weighted by molar-refractivity contribution is 7.09. The topological polar surface area (TPSA) is 61.4 Å². The molecule has 1 amide bonds. The van der Waals surface area contributed by atoms with Gasteiger partial charge in [-0.25, -0.2) is 4.98 Å². The van der Waals surface area contributed by atoms with Crippen molar-refractivity contribution < 1.29 is 4.79 Å². The number of amides is 1. The minimum atomic E-state index is -0.0647. The lowest BCUT2D eigenvalue weighted by molar-refractivity contribution is 0.0948. The smallest absolute Gasteiger partial charge is 0.251 e. The second-order valence-electron chi connectivity index (χ2n) is 7.25. The van der Waals surface area contributed by atoms with Crippen molar-refractivity contribution in [2.45, 2.75) is 6.42 Å². The SMILES string of the molecule is O=C(NCCN1CCN(c2nc(Cc3ccccc3)ns2)CC1)c1ccc(Cl)cc1. The van der Waals surface area contributed by atoms with Crippen LogP contribution in [0.3, 0.4) is 0 Å². The molecule has 2 heterocycles. The third-order valence-electron chi connectivity index (χ3n) is 5.13. The molecule has 0 spiro atoms. The number of halogens is 1. The van der Waals surface area contributed by atoms with Crippen LogP contribution in [0.1, 0.15) is 21.7 Å². The summed E-state index contributed by atoms with van der Waals surface area (Å²) in [5, 5.41) is 4.61. The Morgan fingerprint density at radius 2 is 1.77 bits per heavy atom. The molecular formula is C22H24ClN5OS. The first-order chi connectivity index (χ1) is 14.7. The van der Waals surface area contributed by atoms with E-state index in [1.54, 1.807) is 24.3 Å². The van der Waals surface area contributed by atoms with Gasteiger partial charge in [0.1, 0.15) is 5.82 Å². The molecule has 2 aromatic carbocycles. The fourth-order valence-electron chi connectivity index (χ4n) is 3.42. The van der Waals surface area contributed by atoms with Gasteiger partial charge in [-0.3, -0.25) is 9.69 Å². The molecule has 1 aliphatic heterocycles. The highest BCUT2D eigenvalue weighted by atomic mass is 35.5. The number of anilines is 1. The van der Waals surface area contributed by atoms with Crippen LogP contribution in [0.2, 0.25) is 5.02 Å². The zero-order valence-electron chi connectivity index (χ0n) is 16.6. The van der Waals surface area contributed by atoms with E-state index in [9.17, 15) is 4.79 Å². The van der Waals surface area contributed by atoms with E-state index < -0.39 is 0 Å². The van der Waals surface area contributed by atoms with Gasteiger partial charge in [-0.15, -0.1) is 0 Å². The van der Waals surface area contributed by atoms with Crippen LogP contribution >= 0.6 is 23.1 Å². The molecular weight excluding hydrogens is 418 g/mol. The van der Waals surface area contributed by atoms with Gasteiger partial charge < -0.3 is 10.2 Å². The minimum Gasteiger partial charge on any atom is -0.351 e. The summed E-state index contributed by atoms with van der Waals surface area (Å²) in [6.07, 6.45) is 0.768. The Bertz CT molecular complexity index is 955. The van der Waals surface area contributed by atoms with Gasteiger partial charge in [0.25, 0.3) is 5.91 Å². The fourth-order valence-corrected chi connectivity index (χ4v) is 4.28. The van der Waals surface area contributed by atoms with Crippen LogP contribution in [0.25, 0.3) is 0 Å². The van der Waals surface area contributed by atoms with Gasteiger partial charge in [-0.05, 0) is 29.8 Å². The van der Waals surface area contributed by atoms with Gasteiger partial charge in [0, 0.05) is 67.8 Å². The summed E-state index contributed by atoms with van der Waals surface area (Å²) in [7, 11) is 0. The first kappa shape index (κ1) is 20.8.